The summed E-state index contributed by atoms with van der Waals surface area (Å²) in [4.78, 5) is 0. The fraction of sp³-hybridized carbons (Fsp3) is 0.250. The second-order valence-corrected chi connectivity index (χ2v) is 5.60. The average Bonchev–Trinajstić information content (AvgIpc) is 2.59. The van der Waals surface area contributed by atoms with Crippen LogP contribution in [0.1, 0.15) is 11.1 Å². The SMILES string of the molecule is COc1ccc(CO[PH](=O)OCc2ccc(OC)cc2)cc1. The molecule has 0 N–H and O–H groups in total. The Bertz CT molecular complexity index is 541. The number of hydrogen-bond acceptors (Lipinski definition) is 5. The third kappa shape index (κ3) is 5.19. The first-order valence-electron chi connectivity index (χ1n) is 6.76. The molecule has 118 valence electrons. The number of rotatable bonds is 8. The Morgan fingerprint density at radius 3 is 1.41 bits per heavy atom. The van der Waals surface area contributed by atoms with E-state index in [2.05, 4.69) is 0 Å². The van der Waals surface area contributed by atoms with Crippen molar-refractivity contribution in [3.8, 4) is 11.5 Å². The van der Waals surface area contributed by atoms with Gasteiger partial charge in [-0.05, 0) is 35.4 Å². The standard InChI is InChI=1S/C16H19O5P/c1-18-15-7-3-13(4-8-15)11-20-22(17)21-12-14-5-9-16(19-2)10-6-14/h3-10,22H,11-12H2,1-2H3. The highest BCUT2D eigenvalue weighted by atomic mass is 31.1. The number of ether oxygens (including phenoxy) is 2. The Morgan fingerprint density at radius 2 is 1.09 bits per heavy atom. The zero-order chi connectivity index (χ0) is 15.8. The van der Waals surface area contributed by atoms with Crippen LogP contribution in [0.3, 0.4) is 0 Å². The molecule has 0 bridgehead atoms. The normalized spacial score (nSPS) is 10.7. The summed E-state index contributed by atoms with van der Waals surface area (Å²) in [5.74, 6) is 1.54. The van der Waals surface area contributed by atoms with Crippen molar-refractivity contribution >= 4 is 8.25 Å². The quantitative estimate of drug-likeness (QED) is 0.691. The van der Waals surface area contributed by atoms with Crippen LogP contribution < -0.4 is 9.47 Å². The van der Waals surface area contributed by atoms with Crippen molar-refractivity contribution in [1.29, 1.82) is 0 Å². The third-order valence-electron chi connectivity index (χ3n) is 3.03. The minimum atomic E-state index is -2.53. The fourth-order valence-corrected chi connectivity index (χ4v) is 2.42. The molecule has 0 unspecified atom stereocenters. The summed E-state index contributed by atoms with van der Waals surface area (Å²) in [5.41, 5.74) is 1.82. The van der Waals surface area contributed by atoms with E-state index in [0.29, 0.717) is 0 Å². The van der Waals surface area contributed by atoms with Gasteiger partial charge in [-0.1, -0.05) is 24.3 Å². The minimum Gasteiger partial charge on any atom is -0.497 e. The van der Waals surface area contributed by atoms with Gasteiger partial charge in [0.1, 0.15) is 11.5 Å². The summed E-state index contributed by atoms with van der Waals surface area (Å²) in [6, 6.07) is 14.7. The summed E-state index contributed by atoms with van der Waals surface area (Å²) in [7, 11) is 0.689. The van der Waals surface area contributed by atoms with Crippen molar-refractivity contribution in [2.24, 2.45) is 0 Å². The van der Waals surface area contributed by atoms with Crippen LogP contribution in [0.2, 0.25) is 0 Å². The molecule has 0 saturated heterocycles. The van der Waals surface area contributed by atoms with Gasteiger partial charge in [-0.3, -0.25) is 4.57 Å². The first-order chi connectivity index (χ1) is 10.7. The Morgan fingerprint density at radius 1 is 0.727 bits per heavy atom. The Kier molecular flexibility index (Phi) is 6.46. The Labute approximate surface area is 130 Å². The highest BCUT2D eigenvalue weighted by molar-refractivity contribution is 7.33. The maximum absolute atomic E-state index is 11.7. The van der Waals surface area contributed by atoms with Gasteiger partial charge in [-0.2, -0.15) is 0 Å². The van der Waals surface area contributed by atoms with Gasteiger partial charge in [0, 0.05) is 0 Å². The monoisotopic (exact) mass is 322 g/mol. The van der Waals surface area contributed by atoms with Crippen LogP contribution in [0.15, 0.2) is 48.5 Å². The molecule has 0 heterocycles. The van der Waals surface area contributed by atoms with E-state index in [-0.39, 0.29) is 13.2 Å². The zero-order valence-electron chi connectivity index (χ0n) is 12.6. The van der Waals surface area contributed by atoms with E-state index in [0.717, 1.165) is 22.6 Å². The highest BCUT2D eigenvalue weighted by Crippen LogP contribution is 2.28. The maximum Gasteiger partial charge on any atom is 0.319 e. The Hall–Kier alpha value is -1.81. The smallest absolute Gasteiger partial charge is 0.319 e. The van der Waals surface area contributed by atoms with Gasteiger partial charge in [0.05, 0.1) is 27.4 Å². The molecule has 6 heteroatoms. The van der Waals surface area contributed by atoms with Crippen molar-refractivity contribution < 1.29 is 23.1 Å². The van der Waals surface area contributed by atoms with Crippen molar-refractivity contribution in [1.82, 2.24) is 0 Å². The molecule has 0 spiro atoms. The van der Waals surface area contributed by atoms with E-state index in [1.807, 2.05) is 48.5 Å². The molecule has 0 aliphatic rings. The number of hydrogen-bond donors (Lipinski definition) is 0. The van der Waals surface area contributed by atoms with Gasteiger partial charge in [-0.25, -0.2) is 0 Å². The number of benzene rings is 2. The average molecular weight is 322 g/mol. The van der Waals surface area contributed by atoms with Gasteiger partial charge in [0.15, 0.2) is 0 Å². The van der Waals surface area contributed by atoms with E-state index in [1.54, 1.807) is 14.2 Å². The first kappa shape index (κ1) is 16.6. The second kappa shape index (κ2) is 8.59. The van der Waals surface area contributed by atoms with Gasteiger partial charge < -0.3 is 18.5 Å². The van der Waals surface area contributed by atoms with Crippen molar-refractivity contribution in [2.45, 2.75) is 13.2 Å². The Balaban J connectivity index is 1.74. The summed E-state index contributed by atoms with van der Waals surface area (Å²) >= 11 is 0. The molecule has 2 aromatic carbocycles. The maximum atomic E-state index is 11.7. The van der Waals surface area contributed by atoms with Crippen LogP contribution in [-0.4, -0.2) is 14.2 Å². The van der Waals surface area contributed by atoms with E-state index < -0.39 is 8.25 Å². The first-order valence-corrected chi connectivity index (χ1v) is 7.99. The molecule has 0 aliphatic carbocycles. The van der Waals surface area contributed by atoms with Crippen molar-refractivity contribution in [3.63, 3.8) is 0 Å². The van der Waals surface area contributed by atoms with E-state index in [4.69, 9.17) is 18.5 Å². The topological polar surface area (TPSA) is 54.0 Å². The minimum absolute atomic E-state index is 0.240. The van der Waals surface area contributed by atoms with Gasteiger partial charge >= 0.3 is 8.25 Å². The summed E-state index contributed by atoms with van der Waals surface area (Å²) in [5, 5.41) is 0. The molecule has 0 aromatic heterocycles. The predicted octanol–water partition coefficient (Wildman–Crippen LogP) is 3.83. The lowest BCUT2D eigenvalue weighted by Crippen LogP contribution is -1.91. The molecule has 0 atom stereocenters. The van der Waals surface area contributed by atoms with E-state index in [9.17, 15) is 4.57 Å². The summed E-state index contributed by atoms with van der Waals surface area (Å²) in [6.45, 7) is 0.481. The van der Waals surface area contributed by atoms with Crippen LogP contribution >= 0.6 is 8.25 Å². The van der Waals surface area contributed by atoms with Crippen molar-refractivity contribution in [2.75, 3.05) is 14.2 Å². The van der Waals surface area contributed by atoms with Gasteiger partial charge in [0.2, 0.25) is 0 Å². The zero-order valence-corrected chi connectivity index (χ0v) is 13.6. The molecule has 2 rings (SSSR count). The van der Waals surface area contributed by atoms with E-state index in [1.165, 1.54) is 0 Å². The van der Waals surface area contributed by atoms with Crippen LogP contribution in [0.4, 0.5) is 0 Å². The molecule has 0 radical (unpaired) electrons. The molecule has 0 saturated carbocycles. The fourth-order valence-electron chi connectivity index (χ4n) is 1.77. The largest absolute Gasteiger partial charge is 0.497 e. The lowest BCUT2D eigenvalue weighted by atomic mass is 10.2. The molecule has 0 fully saturated rings. The molecule has 0 amide bonds. The number of methoxy groups -OCH3 is 2. The highest BCUT2D eigenvalue weighted by Gasteiger charge is 2.03. The lowest BCUT2D eigenvalue weighted by molar-refractivity contribution is 0.213. The van der Waals surface area contributed by atoms with Crippen LogP contribution in [-0.2, 0) is 26.8 Å². The molecule has 0 aliphatic heterocycles. The van der Waals surface area contributed by atoms with Gasteiger partial charge in [-0.15, -0.1) is 0 Å². The summed E-state index contributed by atoms with van der Waals surface area (Å²) < 4.78 is 32.3. The molecular weight excluding hydrogens is 303 g/mol. The van der Waals surface area contributed by atoms with E-state index >= 15 is 0 Å². The van der Waals surface area contributed by atoms with Gasteiger partial charge in [0.25, 0.3) is 0 Å². The predicted molar refractivity (Wildman–Crippen MR) is 84.6 cm³/mol. The molecule has 22 heavy (non-hydrogen) atoms. The van der Waals surface area contributed by atoms with Crippen molar-refractivity contribution in [3.05, 3.63) is 59.7 Å². The molecular formula is C16H19O5P. The molecule has 2 aromatic rings. The van der Waals surface area contributed by atoms with Crippen LogP contribution in [0.25, 0.3) is 0 Å². The lowest BCUT2D eigenvalue weighted by Gasteiger charge is -2.07. The second-order valence-electron chi connectivity index (χ2n) is 4.52. The third-order valence-corrected chi connectivity index (χ3v) is 3.79. The molecule has 5 nitrogen and oxygen atoms in total. The van der Waals surface area contributed by atoms with Crippen LogP contribution in [0.5, 0.6) is 11.5 Å². The van der Waals surface area contributed by atoms with Crippen LogP contribution in [0, 0.1) is 0 Å². The summed E-state index contributed by atoms with van der Waals surface area (Å²) in [6.07, 6.45) is 0.